The van der Waals surface area contributed by atoms with Gasteiger partial charge in [0, 0.05) is 12.3 Å². The predicted molar refractivity (Wildman–Crippen MR) is 106 cm³/mol. The van der Waals surface area contributed by atoms with E-state index in [1.807, 2.05) is 48.5 Å². The molecule has 0 aliphatic heterocycles. The zero-order valence-corrected chi connectivity index (χ0v) is 15.6. The van der Waals surface area contributed by atoms with Crippen LogP contribution in [0.5, 0.6) is 0 Å². The standard InChI is InChI=1S/C22H20N2O5/c1-2-7-19(21(27)23-12-20(25)26)24-22(28)29-13-18-16-10-5-3-8-14(16)15-9-4-6-11-17(15)18/h1,3-6,8-11,18-19H,7,12-13H2,(H,23,27)(H,24,28)(H,25,26)/t19-/m0/s1. The molecular weight excluding hydrogens is 372 g/mol. The molecule has 0 saturated heterocycles. The van der Waals surface area contributed by atoms with Crippen LogP contribution in [-0.2, 0) is 14.3 Å². The van der Waals surface area contributed by atoms with Crippen LogP contribution in [0, 0.1) is 12.3 Å². The highest BCUT2D eigenvalue weighted by Crippen LogP contribution is 2.44. The number of aliphatic carboxylic acids is 1. The van der Waals surface area contributed by atoms with E-state index in [0.717, 1.165) is 22.3 Å². The van der Waals surface area contributed by atoms with E-state index in [1.165, 1.54) is 0 Å². The van der Waals surface area contributed by atoms with Gasteiger partial charge in [0.25, 0.3) is 0 Å². The number of terminal acetylenes is 1. The smallest absolute Gasteiger partial charge is 0.407 e. The fourth-order valence-corrected chi connectivity index (χ4v) is 3.40. The number of alkyl carbamates (subject to hydrolysis) is 1. The Morgan fingerprint density at radius 1 is 1.07 bits per heavy atom. The van der Waals surface area contributed by atoms with E-state index in [4.69, 9.17) is 16.3 Å². The van der Waals surface area contributed by atoms with Gasteiger partial charge < -0.3 is 20.5 Å². The van der Waals surface area contributed by atoms with Crippen LogP contribution in [0.2, 0.25) is 0 Å². The van der Waals surface area contributed by atoms with Gasteiger partial charge in [-0.05, 0) is 22.3 Å². The monoisotopic (exact) mass is 392 g/mol. The van der Waals surface area contributed by atoms with Crippen LogP contribution >= 0.6 is 0 Å². The number of carboxylic acid groups (broad SMARTS) is 1. The molecule has 1 atom stereocenters. The summed E-state index contributed by atoms with van der Waals surface area (Å²) >= 11 is 0. The molecule has 0 saturated carbocycles. The number of ether oxygens (including phenoxy) is 1. The van der Waals surface area contributed by atoms with E-state index in [2.05, 4.69) is 16.6 Å². The van der Waals surface area contributed by atoms with Gasteiger partial charge in [-0.25, -0.2) is 4.79 Å². The minimum absolute atomic E-state index is 0.0877. The Hall–Kier alpha value is -3.79. The van der Waals surface area contributed by atoms with Crippen molar-refractivity contribution in [3.8, 4) is 23.5 Å². The number of hydrogen-bond acceptors (Lipinski definition) is 4. The molecule has 1 aliphatic carbocycles. The van der Waals surface area contributed by atoms with Crippen molar-refractivity contribution in [2.45, 2.75) is 18.4 Å². The molecule has 3 rings (SSSR count). The van der Waals surface area contributed by atoms with Gasteiger partial charge in [-0.15, -0.1) is 12.3 Å². The molecule has 2 amide bonds. The maximum Gasteiger partial charge on any atom is 0.407 e. The number of rotatable bonds is 7. The van der Waals surface area contributed by atoms with Crippen LogP contribution in [0.15, 0.2) is 48.5 Å². The normalized spacial score (nSPS) is 12.8. The van der Waals surface area contributed by atoms with E-state index in [-0.39, 0.29) is 18.9 Å². The van der Waals surface area contributed by atoms with Crippen LogP contribution in [0.3, 0.4) is 0 Å². The summed E-state index contributed by atoms with van der Waals surface area (Å²) in [4.78, 5) is 34.9. The summed E-state index contributed by atoms with van der Waals surface area (Å²) in [6.07, 6.45) is 4.36. The molecule has 7 heteroatoms. The lowest BCUT2D eigenvalue weighted by molar-refractivity contribution is -0.138. The first-order chi connectivity index (χ1) is 14.0. The Kier molecular flexibility index (Phi) is 6.15. The van der Waals surface area contributed by atoms with Gasteiger partial charge >= 0.3 is 12.1 Å². The van der Waals surface area contributed by atoms with Crippen molar-refractivity contribution in [2.75, 3.05) is 13.2 Å². The molecule has 0 bridgehead atoms. The van der Waals surface area contributed by atoms with Crippen LogP contribution < -0.4 is 10.6 Å². The third kappa shape index (κ3) is 4.55. The second-order valence-electron chi connectivity index (χ2n) is 6.54. The van der Waals surface area contributed by atoms with Gasteiger partial charge in [-0.1, -0.05) is 48.5 Å². The predicted octanol–water partition coefficient (Wildman–Crippen LogP) is 2.12. The van der Waals surface area contributed by atoms with Gasteiger partial charge in [0.15, 0.2) is 0 Å². The molecule has 0 fully saturated rings. The zero-order chi connectivity index (χ0) is 20.8. The molecule has 0 unspecified atom stereocenters. The van der Waals surface area contributed by atoms with Gasteiger partial charge in [0.05, 0.1) is 0 Å². The lowest BCUT2D eigenvalue weighted by Crippen LogP contribution is -2.48. The molecule has 0 aromatic heterocycles. The number of benzene rings is 2. The highest BCUT2D eigenvalue weighted by Gasteiger charge is 2.29. The summed E-state index contributed by atoms with van der Waals surface area (Å²) in [5.41, 5.74) is 4.35. The van der Waals surface area contributed by atoms with Crippen LogP contribution in [-0.4, -0.2) is 42.3 Å². The average Bonchev–Trinajstić information content (AvgIpc) is 3.04. The Morgan fingerprint density at radius 3 is 2.21 bits per heavy atom. The molecule has 7 nitrogen and oxygen atoms in total. The number of nitrogens with one attached hydrogen (secondary N) is 2. The van der Waals surface area contributed by atoms with E-state index in [1.54, 1.807) is 0 Å². The van der Waals surface area contributed by atoms with Crippen molar-refractivity contribution in [3.63, 3.8) is 0 Å². The SMILES string of the molecule is C#CC[C@H](NC(=O)OCC1c2ccccc2-c2ccccc21)C(=O)NCC(=O)O. The molecule has 29 heavy (non-hydrogen) atoms. The summed E-state index contributed by atoms with van der Waals surface area (Å²) in [6, 6.07) is 14.8. The Bertz CT molecular complexity index is 934. The highest BCUT2D eigenvalue weighted by molar-refractivity contribution is 5.88. The molecule has 0 radical (unpaired) electrons. The third-order valence-corrected chi connectivity index (χ3v) is 4.69. The molecule has 148 valence electrons. The molecule has 1 aliphatic rings. The minimum Gasteiger partial charge on any atom is -0.480 e. The number of carboxylic acids is 1. The highest BCUT2D eigenvalue weighted by atomic mass is 16.5. The van der Waals surface area contributed by atoms with Gasteiger partial charge in [-0.3, -0.25) is 9.59 Å². The topological polar surface area (TPSA) is 105 Å². The second-order valence-corrected chi connectivity index (χ2v) is 6.54. The van der Waals surface area contributed by atoms with Gasteiger partial charge in [0.1, 0.15) is 19.2 Å². The van der Waals surface area contributed by atoms with Crippen molar-refractivity contribution >= 4 is 18.0 Å². The van der Waals surface area contributed by atoms with E-state index in [0.29, 0.717) is 0 Å². The average molecular weight is 392 g/mol. The van der Waals surface area contributed by atoms with Crippen molar-refractivity contribution in [3.05, 3.63) is 59.7 Å². The van der Waals surface area contributed by atoms with Gasteiger partial charge in [0.2, 0.25) is 5.91 Å². The van der Waals surface area contributed by atoms with Crippen molar-refractivity contribution < 1.29 is 24.2 Å². The van der Waals surface area contributed by atoms with Crippen molar-refractivity contribution in [2.24, 2.45) is 0 Å². The largest absolute Gasteiger partial charge is 0.480 e. The molecule has 0 spiro atoms. The Morgan fingerprint density at radius 2 is 1.66 bits per heavy atom. The van der Waals surface area contributed by atoms with E-state index < -0.39 is 30.6 Å². The summed E-state index contributed by atoms with van der Waals surface area (Å²) in [7, 11) is 0. The number of carbonyl (C=O) groups is 3. The number of amides is 2. The van der Waals surface area contributed by atoms with Crippen molar-refractivity contribution in [1.29, 1.82) is 0 Å². The quantitative estimate of drug-likeness (QED) is 0.626. The third-order valence-electron chi connectivity index (χ3n) is 4.69. The minimum atomic E-state index is -1.20. The zero-order valence-electron chi connectivity index (χ0n) is 15.6. The second kappa shape index (κ2) is 8.93. The van der Waals surface area contributed by atoms with Crippen LogP contribution in [0.1, 0.15) is 23.5 Å². The Balaban J connectivity index is 1.65. The van der Waals surface area contributed by atoms with Gasteiger partial charge in [-0.2, -0.15) is 0 Å². The van der Waals surface area contributed by atoms with Crippen LogP contribution in [0.25, 0.3) is 11.1 Å². The molecule has 2 aromatic rings. The summed E-state index contributed by atoms with van der Waals surface area (Å²) in [6.45, 7) is -0.467. The first kappa shape index (κ1) is 20.0. The van der Waals surface area contributed by atoms with E-state index in [9.17, 15) is 14.4 Å². The first-order valence-corrected chi connectivity index (χ1v) is 9.05. The lowest BCUT2D eigenvalue weighted by atomic mass is 9.98. The molecular formula is C22H20N2O5. The molecule has 2 aromatic carbocycles. The first-order valence-electron chi connectivity index (χ1n) is 9.05. The summed E-state index contributed by atoms with van der Waals surface area (Å²) < 4.78 is 5.38. The van der Waals surface area contributed by atoms with Crippen LogP contribution in [0.4, 0.5) is 4.79 Å². The maximum absolute atomic E-state index is 12.3. The Labute approximate surface area is 168 Å². The molecule has 3 N–H and O–H groups in total. The fraction of sp³-hybridized carbons (Fsp3) is 0.227. The summed E-state index contributed by atoms with van der Waals surface area (Å²) in [5, 5.41) is 13.3. The maximum atomic E-state index is 12.3. The number of carbonyl (C=O) groups excluding carboxylic acids is 2. The lowest BCUT2D eigenvalue weighted by Gasteiger charge is -2.18. The summed E-state index contributed by atoms with van der Waals surface area (Å²) in [5.74, 6) is 0.298. The fourth-order valence-electron chi connectivity index (χ4n) is 3.40. The molecule has 0 heterocycles. The number of fused-ring (bicyclic) bond motifs is 3. The number of hydrogen-bond donors (Lipinski definition) is 3. The van der Waals surface area contributed by atoms with E-state index >= 15 is 0 Å². The van der Waals surface area contributed by atoms with Crippen molar-refractivity contribution in [1.82, 2.24) is 10.6 Å².